The first-order chi connectivity index (χ1) is 7.29. The van der Waals surface area contributed by atoms with Crippen molar-refractivity contribution < 1.29 is 4.74 Å². The molecule has 0 saturated heterocycles. The quantitative estimate of drug-likeness (QED) is 0.728. The molecule has 2 atom stereocenters. The molecule has 0 aromatic heterocycles. The fourth-order valence-electron chi connectivity index (χ4n) is 2.17. The summed E-state index contributed by atoms with van der Waals surface area (Å²) < 4.78 is 5.50. The van der Waals surface area contributed by atoms with Crippen LogP contribution in [0.5, 0.6) is 0 Å². The van der Waals surface area contributed by atoms with Gasteiger partial charge in [0.2, 0.25) is 0 Å². The average molecular weight is 230 g/mol. The van der Waals surface area contributed by atoms with Gasteiger partial charge < -0.3 is 10.5 Å². The number of ether oxygens (including phenoxy) is 1. The minimum absolute atomic E-state index is 0.0901. The van der Waals surface area contributed by atoms with E-state index in [1.165, 1.54) is 0 Å². The van der Waals surface area contributed by atoms with Gasteiger partial charge in [-0.05, 0) is 33.6 Å². The van der Waals surface area contributed by atoms with E-state index < -0.39 is 0 Å². The molecular formula is C13H30N2O. The fraction of sp³-hybridized carbons (Fsp3) is 1.00. The van der Waals surface area contributed by atoms with Crippen molar-refractivity contribution in [2.75, 3.05) is 20.2 Å². The van der Waals surface area contributed by atoms with Crippen LogP contribution < -0.4 is 5.73 Å². The Morgan fingerprint density at radius 3 is 1.94 bits per heavy atom. The summed E-state index contributed by atoms with van der Waals surface area (Å²) in [4.78, 5) is 2.46. The highest BCUT2D eigenvalue weighted by Crippen LogP contribution is 2.24. The van der Waals surface area contributed by atoms with E-state index >= 15 is 0 Å². The molecular weight excluding hydrogens is 200 g/mol. The zero-order valence-corrected chi connectivity index (χ0v) is 12.1. The Morgan fingerprint density at radius 2 is 1.69 bits per heavy atom. The first kappa shape index (κ1) is 15.9. The van der Waals surface area contributed by atoms with Crippen LogP contribution in [0.15, 0.2) is 0 Å². The second-order valence-corrected chi connectivity index (χ2v) is 5.58. The Kier molecular flexibility index (Phi) is 6.53. The molecule has 0 aromatic rings. The molecule has 3 heteroatoms. The van der Waals surface area contributed by atoms with Crippen molar-refractivity contribution in [2.45, 2.75) is 59.2 Å². The molecule has 0 aliphatic heterocycles. The van der Waals surface area contributed by atoms with Crippen LogP contribution in [0.3, 0.4) is 0 Å². The monoisotopic (exact) mass is 230 g/mol. The van der Waals surface area contributed by atoms with Gasteiger partial charge in [-0.1, -0.05) is 13.8 Å². The maximum atomic E-state index is 5.98. The van der Waals surface area contributed by atoms with Crippen LogP contribution in [-0.4, -0.2) is 42.8 Å². The molecule has 0 heterocycles. The van der Waals surface area contributed by atoms with E-state index in [0.29, 0.717) is 18.5 Å². The highest BCUT2D eigenvalue weighted by atomic mass is 16.5. The van der Waals surface area contributed by atoms with Crippen LogP contribution >= 0.6 is 0 Å². The molecule has 0 aliphatic carbocycles. The van der Waals surface area contributed by atoms with Crippen molar-refractivity contribution in [2.24, 2.45) is 11.7 Å². The standard InChI is InChI=1S/C13H30N2O/c1-10(2)8-15(11(3)4)13(6,9-14)12(5)16-7/h10-12H,8-9,14H2,1-7H3. The molecule has 2 N–H and O–H groups in total. The van der Waals surface area contributed by atoms with Gasteiger partial charge in [-0.2, -0.15) is 0 Å². The molecule has 0 aromatic carbocycles. The molecule has 0 aliphatic rings. The molecule has 0 fully saturated rings. The lowest BCUT2D eigenvalue weighted by molar-refractivity contribution is -0.0498. The van der Waals surface area contributed by atoms with Gasteiger partial charge in [0.25, 0.3) is 0 Å². The van der Waals surface area contributed by atoms with Crippen molar-refractivity contribution in [3.05, 3.63) is 0 Å². The van der Waals surface area contributed by atoms with Crippen molar-refractivity contribution in [1.29, 1.82) is 0 Å². The normalized spacial score (nSPS) is 18.2. The Labute approximate surface area is 101 Å². The maximum Gasteiger partial charge on any atom is 0.0736 e. The third-order valence-electron chi connectivity index (χ3n) is 3.48. The average Bonchev–Trinajstić information content (AvgIpc) is 2.23. The van der Waals surface area contributed by atoms with E-state index in [2.05, 4.69) is 46.4 Å². The minimum Gasteiger partial charge on any atom is -0.380 e. The third-order valence-corrected chi connectivity index (χ3v) is 3.48. The molecule has 0 bridgehead atoms. The zero-order chi connectivity index (χ0) is 12.9. The number of rotatable bonds is 7. The van der Waals surface area contributed by atoms with Gasteiger partial charge >= 0.3 is 0 Å². The van der Waals surface area contributed by atoms with Crippen LogP contribution in [0.4, 0.5) is 0 Å². The molecule has 3 nitrogen and oxygen atoms in total. The maximum absolute atomic E-state index is 5.98. The van der Waals surface area contributed by atoms with E-state index in [1.807, 2.05) is 0 Å². The van der Waals surface area contributed by atoms with Crippen LogP contribution in [0.2, 0.25) is 0 Å². The highest BCUT2D eigenvalue weighted by Gasteiger charge is 2.37. The predicted molar refractivity (Wildman–Crippen MR) is 70.6 cm³/mol. The number of nitrogens with zero attached hydrogens (tertiary/aromatic N) is 1. The minimum atomic E-state index is -0.0901. The first-order valence-electron chi connectivity index (χ1n) is 6.29. The summed E-state index contributed by atoms with van der Waals surface area (Å²) in [5.74, 6) is 0.636. The second-order valence-electron chi connectivity index (χ2n) is 5.58. The van der Waals surface area contributed by atoms with Crippen LogP contribution in [0, 0.1) is 5.92 Å². The third kappa shape index (κ3) is 3.72. The molecule has 16 heavy (non-hydrogen) atoms. The van der Waals surface area contributed by atoms with Gasteiger partial charge in [0.1, 0.15) is 0 Å². The topological polar surface area (TPSA) is 38.5 Å². The lowest BCUT2D eigenvalue weighted by Crippen LogP contribution is -2.61. The fourth-order valence-corrected chi connectivity index (χ4v) is 2.17. The Balaban J connectivity index is 4.96. The van der Waals surface area contributed by atoms with Gasteiger partial charge in [0, 0.05) is 26.2 Å². The summed E-state index contributed by atoms with van der Waals surface area (Å²) in [5.41, 5.74) is 5.89. The SMILES string of the molecule is COC(C)C(C)(CN)N(CC(C)C)C(C)C. The summed E-state index contributed by atoms with van der Waals surface area (Å²) in [7, 11) is 1.76. The molecule has 0 amide bonds. The largest absolute Gasteiger partial charge is 0.380 e. The van der Waals surface area contributed by atoms with Gasteiger partial charge in [0.15, 0.2) is 0 Å². The van der Waals surface area contributed by atoms with Gasteiger partial charge in [-0.3, -0.25) is 4.90 Å². The summed E-state index contributed by atoms with van der Waals surface area (Å²) in [5, 5.41) is 0. The Bertz CT molecular complexity index is 194. The Hall–Kier alpha value is -0.120. The zero-order valence-electron chi connectivity index (χ0n) is 12.1. The van der Waals surface area contributed by atoms with Crippen molar-refractivity contribution >= 4 is 0 Å². The second kappa shape index (κ2) is 6.58. The number of hydrogen-bond donors (Lipinski definition) is 1. The van der Waals surface area contributed by atoms with Crippen molar-refractivity contribution in [1.82, 2.24) is 4.90 Å². The van der Waals surface area contributed by atoms with Crippen LogP contribution in [0.25, 0.3) is 0 Å². The van der Waals surface area contributed by atoms with E-state index in [9.17, 15) is 0 Å². The summed E-state index contributed by atoms with van der Waals surface area (Å²) in [6.07, 6.45) is 0.138. The van der Waals surface area contributed by atoms with Crippen molar-refractivity contribution in [3.63, 3.8) is 0 Å². The van der Waals surface area contributed by atoms with E-state index in [1.54, 1.807) is 7.11 Å². The van der Waals surface area contributed by atoms with Gasteiger partial charge in [0.05, 0.1) is 11.6 Å². The molecule has 2 unspecified atom stereocenters. The van der Waals surface area contributed by atoms with Gasteiger partial charge in [-0.25, -0.2) is 0 Å². The van der Waals surface area contributed by atoms with Crippen LogP contribution in [-0.2, 0) is 4.74 Å². The van der Waals surface area contributed by atoms with E-state index in [0.717, 1.165) is 6.54 Å². The predicted octanol–water partition coefficient (Wildman–Crippen LogP) is 2.11. The van der Waals surface area contributed by atoms with Crippen LogP contribution in [0.1, 0.15) is 41.5 Å². The highest BCUT2D eigenvalue weighted by molar-refractivity contribution is 4.94. The smallest absolute Gasteiger partial charge is 0.0736 e. The Morgan fingerprint density at radius 1 is 1.19 bits per heavy atom. The number of methoxy groups -OCH3 is 1. The molecule has 0 radical (unpaired) electrons. The molecule has 0 rings (SSSR count). The lowest BCUT2D eigenvalue weighted by Gasteiger charge is -2.47. The summed E-state index contributed by atoms with van der Waals surface area (Å²) >= 11 is 0. The van der Waals surface area contributed by atoms with E-state index in [4.69, 9.17) is 10.5 Å². The number of hydrogen-bond acceptors (Lipinski definition) is 3. The summed E-state index contributed by atoms with van der Waals surface area (Å²) in [6.45, 7) is 14.9. The van der Waals surface area contributed by atoms with E-state index in [-0.39, 0.29) is 11.6 Å². The number of nitrogens with two attached hydrogens (primary N) is 1. The molecule has 98 valence electrons. The van der Waals surface area contributed by atoms with Crippen molar-refractivity contribution in [3.8, 4) is 0 Å². The first-order valence-corrected chi connectivity index (χ1v) is 6.29. The molecule has 0 spiro atoms. The molecule has 0 saturated carbocycles. The van der Waals surface area contributed by atoms with Gasteiger partial charge in [-0.15, -0.1) is 0 Å². The summed E-state index contributed by atoms with van der Waals surface area (Å²) in [6, 6.07) is 0.480. The lowest BCUT2D eigenvalue weighted by atomic mass is 9.90.